The predicted molar refractivity (Wildman–Crippen MR) is 83.8 cm³/mol. The first-order valence-corrected chi connectivity index (χ1v) is 7.66. The molecule has 3 heteroatoms. The highest BCUT2D eigenvalue weighted by atomic mass is 16.3. The van der Waals surface area contributed by atoms with Gasteiger partial charge in [-0.05, 0) is 31.5 Å². The van der Waals surface area contributed by atoms with Crippen molar-refractivity contribution >= 4 is 0 Å². The molecule has 0 spiro atoms. The normalized spacial score (nSPS) is 23.3. The zero-order chi connectivity index (χ0) is 14.7. The molecule has 2 heterocycles. The lowest BCUT2D eigenvalue weighted by molar-refractivity contribution is 0.0400. The Balaban J connectivity index is 1.67. The summed E-state index contributed by atoms with van der Waals surface area (Å²) in [6, 6.07) is 14.3. The molecule has 1 aromatic carbocycles. The van der Waals surface area contributed by atoms with Gasteiger partial charge in [0.1, 0.15) is 11.5 Å². The van der Waals surface area contributed by atoms with Crippen molar-refractivity contribution < 1.29 is 9.52 Å². The highest BCUT2D eigenvalue weighted by Gasteiger charge is 2.30. The Morgan fingerprint density at radius 1 is 1.19 bits per heavy atom. The molecule has 1 atom stereocenters. The number of benzene rings is 1. The largest absolute Gasteiger partial charge is 0.460 e. The van der Waals surface area contributed by atoms with E-state index in [1.165, 1.54) is 0 Å². The first kappa shape index (κ1) is 14.4. The summed E-state index contributed by atoms with van der Waals surface area (Å²) in [4.78, 5) is 2.38. The topological polar surface area (TPSA) is 36.6 Å². The molecule has 1 aliphatic rings. The summed E-state index contributed by atoms with van der Waals surface area (Å²) in [5, 5.41) is 9.54. The highest BCUT2D eigenvalue weighted by molar-refractivity contribution is 5.57. The first-order valence-electron chi connectivity index (χ1n) is 7.66. The van der Waals surface area contributed by atoms with E-state index >= 15 is 0 Å². The van der Waals surface area contributed by atoms with Crippen molar-refractivity contribution in [3.05, 3.63) is 48.2 Å². The van der Waals surface area contributed by atoms with Gasteiger partial charge in [0.25, 0.3) is 0 Å². The lowest BCUT2D eigenvalue weighted by Gasteiger charge is -2.38. The molecule has 21 heavy (non-hydrogen) atoms. The third kappa shape index (κ3) is 3.36. The van der Waals surface area contributed by atoms with Gasteiger partial charge in [0, 0.05) is 24.1 Å². The number of aliphatic hydroxyl groups excluding tert-OH is 1. The lowest BCUT2D eigenvalue weighted by Crippen LogP contribution is -2.43. The summed E-state index contributed by atoms with van der Waals surface area (Å²) in [6.07, 6.45) is 2.25. The fourth-order valence-corrected chi connectivity index (χ4v) is 3.13. The summed E-state index contributed by atoms with van der Waals surface area (Å²) in [5.41, 5.74) is 1.15. The van der Waals surface area contributed by atoms with Crippen LogP contribution in [0.5, 0.6) is 0 Å². The van der Waals surface area contributed by atoms with Crippen LogP contribution in [0.1, 0.15) is 25.5 Å². The fourth-order valence-electron chi connectivity index (χ4n) is 3.13. The Hall–Kier alpha value is -1.58. The van der Waals surface area contributed by atoms with Crippen LogP contribution in [-0.2, 0) is 6.54 Å². The molecule has 0 aliphatic carbocycles. The van der Waals surface area contributed by atoms with E-state index in [1.54, 1.807) is 0 Å². The molecule has 0 amide bonds. The van der Waals surface area contributed by atoms with Crippen molar-refractivity contribution in [3.63, 3.8) is 0 Å². The Morgan fingerprint density at radius 2 is 2.00 bits per heavy atom. The fraction of sp³-hybridized carbons (Fsp3) is 0.444. The number of hydrogen-bond donors (Lipinski definition) is 1. The Bertz CT molecular complexity index is 578. The van der Waals surface area contributed by atoms with Crippen LogP contribution in [0.4, 0.5) is 0 Å². The minimum absolute atomic E-state index is 0.0348. The highest BCUT2D eigenvalue weighted by Crippen LogP contribution is 2.30. The maximum atomic E-state index is 9.54. The predicted octanol–water partition coefficient (Wildman–Crippen LogP) is 3.54. The number of furan rings is 1. The van der Waals surface area contributed by atoms with Gasteiger partial charge in [-0.3, -0.25) is 4.90 Å². The van der Waals surface area contributed by atoms with Gasteiger partial charge in [0.05, 0.1) is 6.54 Å². The van der Waals surface area contributed by atoms with Crippen molar-refractivity contribution in [1.82, 2.24) is 4.90 Å². The number of nitrogens with zero attached hydrogens (tertiary/aromatic N) is 1. The zero-order valence-corrected chi connectivity index (χ0v) is 12.6. The van der Waals surface area contributed by atoms with E-state index in [-0.39, 0.29) is 12.0 Å². The van der Waals surface area contributed by atoms with Crippen molar-refractivity contribution in [2.24, 2.45) is 5.41 Å². The molecule has 112 valence electrons. The first-order chi connectivity index (χ1) is 10.2. The van der Waals surface area contributed by atoms with E-state index in [2.05, 4.69) is 30.0 Å². The zero-order valence-electron chi connectivity index (χ0n) is 12.6. The van der Waals surface area contributed by atoms with Gasteiger partial charge in [-0.2, -0.15) is 0 Å². The van der Waals surface area contributed by atoms with E-state index in [9.17, 15) is 5.11 Å². The Morgan fingerprint density at radius 3 is 2.76 bits per heavy atom. The van der Waals surface area contributed by atoms with Gasteiger partial charge in [0.2, 0.25) is 0 Å². The van der Waals surface area contributed by atoms with Crippen LogP contribution in [0.3, 0.4) is 0 Å². The second kappa shape index (κ2) is 6.04. The van der Waals surface area contributed by atoms with E-state index in [1.807, 2.05) is 24.3 Å². The van der Waals surface area contributed by atoms with Crippen LogP contribution in [0.15, 0.2) is 46.9 Å². The molecular weight excluding hydrogens is 262 g/mol. The monoisotopic (exact) mass is 285 g/mol. The quantitative estimate of drug-likeness (QED) is 0.933. The Labute approximate surface area is 126 Å². The van der Waals surface area contributed by atoms with Crippen molar-refractivity contribution in [2.75, 3.05) is 19.7 Å². The smallest absolute Gasteiger partial charge is 0.134 e. The van der Waals surface area contributed by atoms with E-state index in [0.29, 0.717) is 0 Å². The van der Waals surface area contributed by atoms with E-state index in [0.717, 1.165) is 49.6 Å². The van der Waals surface area contributed by atoms with Gasteiger partial charge >= 0.3 is 0 Å². The summed E-state index contributed by atoms with van der Waals surface area (Å²) in [5.74, 6) is 1.92. The lowest BCUT2D eigenvalue weighted by atomic mass is 9.83. The SMILES string of the molecule is CC1(CO)CCCN(Cc2ccc(-c3ccccc3)o2)C1. The van der Waals surface area contributed by atoms with Crippen molar-refractivity contribution in [2.45, 2.75) is 26.3 Å². The number of hydrogen-bond acceptors (Lipinski definition) is 3. The number of aliphatic hydroxyl groups is 1. The van der Waals surface area contributed by atoms with Gasteiger partial charge in [0.15, 0.2) is 0 Å². The second-order valence-corrected chi connectivity index (χ2v) is 6.41. The number of rotatable bonds is 4. The molecule has 0 radical (unpaired) electrons. The molecule has 1 saturated heterocycles. The molecule has 1 aliphatic heterocycles. The summed E-state index contributed by atoms with van der Waals surface area (Å²) in [6.45, 7) is 5.26. The molecule has 2 aromatic rings. The third-order valence-corrected chi connectivity index (χ3v) is 4.34. The van der Waals surface area contributed by atoms with E-state index in [4.69, 9.17) is 4.42 Å². The average molecular weight is 285 g/mol. The van der Waals surface area contributed by atoms with Gasteiger partial charge in [-0.25, -0.2) is 0 Å². The van der Waals surface area contributed by atoms with Crippen LogP contribution >= 0.6 is 0 Å². The second-order valence-electron chi connectivity index (χ2n) is 6.41. The van der Waals surface area contributed by atoms with Crippen LogP contribution in [0.25, 0.3) is 11.3 Å². The third-order valence-electron chi connectivity index (χ3n) is 4.34. The molecular formula is C18H23NO2. The minimum atomic E-state index is 0.0348. The molecule has 1 aromatic heterocycles. The summed E-state index contributed by atoms with van der Waals surface area (Å²) in [7, 11) is 0. The molecule has 3 rings (SSSR count). The van der Waals surface area contributed by atoms with Crippen molar-refractivity contribution in [3.8, 4) is 11.3 Å². The van der Waals surface area contributed by atoms with Gasteiger partial charge in [-0.15, -0.1) is 0 Å². The van der Waals surface area contributed by atoms with Crippen molar-refractivity contribution in [1.29, 1.82) is 0 Å². The maximum absolute atomic E-state index is 9.54. The van der Waals surface area contributed by atoms with Crippen LogP contribution in [0, 0.1) is 5.41 Å². The Kier molecular flexibility index (Phi) is 4.13. The number of likely N-dealkylation sites (tertiary alicyclic amines) is 1. The van der Waals surface area contributed by atoms with Crippen LogP contribution < -0.4 is 0 Å². The standard InChI is InChI=1S/C18H23NO2/c1-18(14-20)10-5-11-19(13-18)12-16-8-9-17(21-16)15-6-3-2-4-7-15/h2-4,6-9,20H,5,10-14H2,1H3. The molecule has 0 bridgehead atoms. The minimum Gasteiger partial charge on any atom is -0.460 e. The van der Waals surface area contributed by atoms with Gasteiger partial charge in [-0.1, -0.05) is 37.3 Å². The molecule has 1 fully saturated rings. The molecule has 0 saturated carbocycles. The van der Waals surface area contributed by atoms with Crippen LogP contribution in [0.2, 0.25) is 0 Å². The molecule has 1 unspecified atom stereocenters. The summed E-state index contributed by atoms with van der Waals surface area (Å²) >= 11 is 0. The summed E-state index contributed by atoms with van der Waals surface area (Å²) < 4.78 is 5.97. The molecule has 1 N–H and O–H groups in total. The maximum Gasteiger partial charge on any atom is 0.134 e. The van der Waals surface area contributed by atoms with E-state index < -0.39 is 0 Å². The average Bonchev–Trinajstić information content (AvgIpc) is 2.97. The molecule has 3 nitrogen and oxygen atoms in total. The van der Waals surface area contributed by atoms with Crippen LogP contribution in [-0.4, -0.2) is 29.7 Å². The van der Waals surface area contributed by atoms with Gasteiger partial charge < -0.3 is 9.52 Å². The number of piperidine rings is 1.